The van der Waals surface area contributed by atoms with Gasteiger partial charge in [0.1, 0.15) is 6.29 Å². The van der Waals surface area contributed by atoms with Crippen LogP contribution in [-0.4, -0.2) is 42.6 Å². The highest BCUT2D eigenvalue weighted by atomic mass is 32.1. The third kappa shape index (κ3) is 4.14. The Morgan fingerprint density at radius 3 is 2.70 bits per heavy atom. The summed E-state index contributed by atoms with van der Waals surface area (Å²) in [6, 6.07) is 3.47. The fourth-order valence-corrected chi connectivity index (χ4v) is 2.70. The number of rotatable bonds is 4. The van der Waals surface area contributed by atoms with E-state index in [1.54, 1.807) is 17.5 Å². The summed E-state index contributed by atoms with van der Waals surface area (Å²) in [4.78, 5) is 36.5. The summed E-state index contributed by atoms with van der Waals surface area (Å²) in [5, 5.41) is 1.80. The molecule has 0 atom stereocenters. The van der Waals surface area contributed by atoms with Crippen LogP contribution in [0.15, 0.2) is 17.5 Å². The molecule has 108 valence electrons. The van der Waals surface area contributed by atoms with E-state index in [9.17, 15) is 14.4 Å². The largest absolute Gasteiger partial charge is 0.303 e. The molecule has 20 heavy (non-hydrogen) atoms. The Kier molecular flexibility index (Phi) is 5.25. The number of carbonyl (C=O) groups is 3. The van der Waals surface area contributed by atoms with Crippen LogP contribution in [0, 0.1) is 5.92 Å². The van der Waals surface area contributed by atoms with Gasteiger partial charge in [-0.3, -0.25) is 25.3 Å². The zero-order valence-electron chi connectivity index (χ0n) is 11.0. The van der Waals surface area contributed by atoms with Gasteiger partial charge in [0, 0.05) is 5.92 Å². The summed E-state index contributed by atoms with van der Waals surface area (Å²) < 4.78 is 0. The summed E-state index contributed by atoms with van der Waals surface area (Å²) in [5.41, 5.74) is 4.78. The van der Waals surface area contributed by atoms with Gasteiger partial charge >= 0.3 is 0 Å². The fourth-order valence-electron chi connectivity index (χ4n) is 2.09. The van der Waals surface area contributed by atoms with Crippen molar-refractivity contribution in [2.24, 2.45) is 5.92 Å². The van der Waals surface area contributed by atoms with Crippen molar-refractivity contribution in [3.63, 3.8) is 0 Å². The molecule has 6 nitrogen and oxygen atoms in total. The van der Waals surface area contributed by atoms with Crippen LogP contribution >= 0.6 is 11.3 Å². The summed E-state index contributed by atoms with van der Waals surface area (Å²) in [6.07, 6.45) is 2.56. The van der Waals surface area contributed by atoms with Crippen LogP contribution in [0.3, 0.4) is 0 Å². The number of thiophene rings is 1. The summed E-state index contributed by atoms with van der Waals surface area (Å²) in [7, 11) is 0. The van der Waals surface area contributed by atoms with Gasteiger partial charge < -0.3 is 4.79 Å². The second kappa shape index (κ2) is 7.16. The number of aldehydes is 1. The quantitative estimate of drug-likeness (QED) is 0.623. The van der Waals surface area contributed by atoms with Crippen LogP contribution in [0.2, 0.25) is 0 Å². The van der Waals surface area contributed by atoms with Crippen LogP contribution in [-0.2, 0) is 9.59 Å². The van der Waals surface area contributed by atoms with E-state index < -0.39 is 0 Å². The number of likely N-dealkylation sites (tertiary alicyclic amines) is 1. The van der Waals surface area contributed by atoms with Crippen molar-refractivity contribution >= 4 is 29.4 Å². The molecule has 0 bridgehead atoms. The zero-order chi connectivity index (χ0) is 14.4. The Morgan fingerprint density at radius 1 is 1.35 bits per heavy atom. The topological polar surface area (TPSA) is 78.5 Å². The number of amides is 2. The number of nitrogens with zero attached hydrogens (tertiary/aromatic N) is 1. The van der Waals surface area contributed by atoms with Gasteiger partial charge in [-0.2, -0.15) is 0 Å². The number of carbonyl (C=O) groups excluding carboxylic acids is 3. The first-order valence-corrected chi connectivity index (χ1v) is 7.37. The van der Waals surface area contributed by atoms with Gasteiger partial charge in [0.25, 0.3) is 11.8 Å². The molecule has 1 saturated heterocycles. The Morgan fingerprint density at radius 2 is 2.10 bits per heavy atom. The Bertz CT molecular complexity index is 467. The molecule has 1 aromatic rings. The Hall–Kier alpha value is -1.73. The second-order valence-electron chi connectivity index (χ2n) is 4.73. The van der Waals surface area contributed by atoms with Crippen molar-refractivity contribution in [2.45, 2.75) is 12.8 Å². The lowest BCUT2D eigenvalue weighted by Crippen LogP contribution is -2.47. The summed E-state index contributed by atoms with van der Waals surface area (Å²) in [6.45, 7) is 1.70. The lowest BCUT2D eigenvalue weighted by atomic mass is 9.99. The number of nitrogens with one attached hydrogen (secondary N) is 2. The SMILES string of the molecule is O=CC1CCN(CC(=O)NNC(=O)c2cccs2)CC1. The first kappa shape index (κ1) is 14.7. The molecule has 0 saturated carbocycles. The maximum Gasteiger partial charge on any atom is 0.279 e. The molecule has 2 heterocycles. The minimum absolute atomic E-state index is 0.118. The van der Waals surface area contributed by atoms with Gasteiger partial charge in [0.15, 0.2) is 0 Å². The monoisotopic (exact) mass is 295 g/mol. The third-order valence-corrected chi connectivity index (χ3v) is 4.12. The van der Waals surface area contributed by atoms with Crippen molar-refractivity contribution in [3.8, 4) is 0 Å². The van der Waals surface area contributed by atoms with Gasteiger partial charge in [-0.1, -0.05) is 6.07 Å². The maximum atomic E-state index is 11.7. The molecule has 2 N–H and O–H groups in total. The predicted molar refractivity (Wildman–Crippen MR) is 75.2 cm³/mol. The van der Waals surface area contributed by atoms with Crippen LogP contribution in [0.1, 0.15) is 22.5 Å². The number of hydrazine groups is 1. The summed E-state index contributed by atoms with van der Waals surface area (Å²) >= 11 is 1.31. The van der Waals surface area contributed by atoms with E-state index in [4.69, 9.17) is 0 Å². The molecule has 0 unspecified atom stereocenters. The van der Waals surface area contributed by atoms with Crippen molar-refractivity contribution in [3.05, 3.63) is 22.4 Å². The van der Waals surface area contributed by atoms with Gasteiger partial charge in [-0.25, -0.2) is 0 Å². The Balaban J connectivity index is 1.68. The highest BCUT2D eigenvalue weighted by molar-refractivity contribution is 7.12. The fraction of sp³-hybridized carbons (Fsp3) is 0.462. The van der Waals surface area contributed by atoms with Gasteiger partial charge in [0.2, 0.25) is 0 Å². The molecule has 1 aliphatic rings. The van der Waals surface area contributed by atoms with Crippen LogP contribution in [0.5, 0.6) is 0 Å². The van der Waals surface area contributed by atoms with Crippen LogP contribution in [0.4, 0.5) is 0 Å². The number of hydrogen-bond acceptors (Lipinski definition) is 5. The molecule has 0 radical (unpaired) electrons. The Labute approximate surface area is 121 Å². The highest BCUT2D eigenvalue weighted by Gasteiger charge is 2.20. The molecule has 0 aliphatic carbocycles. The smallest absolute Gasteiger partial charge is 0.279 e. The lowest BCUT2D eigenvalue weighted by molar-refractivity contribution is -0.123. The van der Waals surface area contributed by atoms with E-state index in [0.717, 1.165) is 32.2 Å². The van der Waals surface area contributed by atoms with Crippen molar-refractivity contribution < 1.29 is 14.4 Å². The van der Waals surface area contributed by atoms with Gasteiger partial charge in [-0.15, -0.1) is 11.3 Å². The minimum Gasteiger partial charge on any atom is -0.303 e. The van der Waals surface area contributed by atoms with Crippen molar-refractivity contribution in [2.75, 3.05) is 19.6 Å². The summed E-state index contributed by atoms with van der Waals surface area (Å²) in [5.74, 6) is -0.444. The first-order chi connectivity index (χ1) is 9.69. The molecule has 1 fully saturated rings. The molecule has 2 amide bonds. The molecule has 0 spiro atoms. The van der Waals surface area contributed by atoms with Crippen molar-refractivity contribution in [1.82, 2.24) is 15.8 Å². The van der Waals surface area contributed by atoms with Crippen LogP contribution < -0.4 is 10.9 Å². The lowest BCUT2D eigenvalue weighted by Gasteiger charge is -2.28. The van der Waals surface area contributed by atoms with E-state index in [-0.39, 0.29) is 24.3 Å². The molecule has 7 heteroatoms. The zero-order valence-corrected chi connectivity index (χ0v) is 11.8. The average Bonchev–Trinajstić information content (AvgIpc) is 3.00. The second-order valence-corrected chi connectivity index (χ2v) is 5.68. The normalized spacial score (nSPS) is 16.6. The van der Waals surface area contributed by atoms with Gasteiger partial charge in [0.05, 0.1) is 11.4 Å². The van der Waals surface area contributed by atoms with E-state index in [1.165, 1.54) is 11.3 Å². The molecule has 1 aliphatic heterocycles. The molecule has 1 aromatic heterocycles. The minimum atomic E-state index is -0.312. The number of hydrogen-bond donors (Lipinski definition) is 2. The van der Waals surface area contributed by atoms with Crippen molar-refractivity contribution in [1.29, 1.82) is 0 Å². The number of piperidine rings is 1. The van der Waals surface area contributed by atoms with Gasteiger partial charge in [-0.05, 0) is 37.4 Å². The van der Waals surface area contributed by atoms with E-state index in [2.05, 4.69) is 10.9 Å². The molecule has 0 aromatic carbocycles. The first-order valence-electron chi connectivity index (χ1n) is 6.49. The molecular formula is C13H17N3O3S. The molecular weight excluding hydrogens is 278 g/mol. The third-order valence-electron chi connectivity index (χ3n) is 3.25. The molecule has 2 rings (SSSR count). The van der Waals surface area contributed by atoms with E-state index >= 15 is 0 Å². The highest BCUT2D eigenvalue weighted by Crippen LogP contribution is 2.14. The maximum absolute atomic E-state index is 11.7. The predicted octanol–water partition coefficient (Wildman–Crippen LogP) is 0.420. The van der Waals surface area contributed by atoms with E-state index in [0.29, 0.717) is 4.88 Å². The standard InChI is InChI=1S/C13H17N3O3S/c17-9-10-3-5-16(6-4-10)8-12(18)14-15-13(19)11-2-1-7-20-11/h1-2,7,9-10H,3-6,8H2,(H,14,18)(H,15,19). The van der Waals surface area contributed by atoms with E-state index in [1.807, 2.05) is 4.90 Å². The average molecular weight is 295 g/mol. The van der Waals surface area contributed by atoms with Crippen LogP contribution in [0.25, 0.3) is 0 Å².